The van der Waals surface area contributed by atoms with Crippen molar-refractivity contribution in [3.05, 3.63) is 18.0 Å². The Balaban J connectivity index is 3.01. The van der Waals surface area contributed by atoms with E-state index in [-0.39, 0.29) is 6.54 Å². The van der Waals surface area contributed by atoms with Crippen LogP contribution in [0.3, 0.4) is 0 Å². The molecular formula is C9H14N2O3. The molecule has 0 saturated carbocycles. The summed E-state index contributed by atoms with van der Waals surface area (Å²) in [6.07, 6.45) is 0.724. The zero-order valence-electron chi connectivity index (χ0n) is 8.23. The maximum Gasteiger partial charge on any atom is 0.179 e. The molecule has 14 heavy (non-hydrogen) atoms. The molecule has 0 aliphatic rings. The molecule has 0 fully saturated rings. The van der Waals surface area contributed by atoms with Gasteiger partial charge >= 0.3 is 0 Å². The van der Waals surface area contributed by atoms with Gasteiger partial charge in [0.1, 0.15) is 6.10 Å². The highest BCUT2D eigenvalue weighted by Gasteiger charge is 2.11. The number of pyridine rings is 1. The fraction of sp³-hybridized carbons (Fsp3) is 0.444. The maximum absolute atomic E-state index is 9.43. The van der Waals surface area contributed by atoms with Crippen molar-refractivity contribution in [1.29, 1.82) is 0 Å². The van der Waals surface area contributed by atoms with Gasteiger partial charge in [0.15, 0.2) is 11.5 Å². The Labute approximate surface area is 82.5 Å². The predicted molar refractivity (Wildman–Crippen MR) is 51.4 cm³/mol. The van der Waals surface area contributed by atoms with Crippen molar-refractivity contribution in [1.82, 2.24) is 4.98 Å². The third-order valence-electron chi connectivity index (χ3n) is 1.86. The van der Waals surface area contributed by atoms with Gasteiger partial charge in [0.2, 0.25) is 0 Å². The first-order chi connectivity index (χ1) is 6.72. The Hall–Kier alpha value is -1.33. The topological polar surface area (TPSA) is 77.6 Å². The number of ether oxygens (including phenoxy) is 2. The highest BCUT2D eigenvalue weighted by Crippen LogP contribution is 2.27. The van der Waals surface area contributed by atoms with Crippen molar-refractivity contribution in [2.24, 2.45) is 5.73 Å². The van der Waals surface area contributed by atoms with E-state index in [4.69, 9.17) is 15.2 Å². The Morgan fingerprint density at radius 3 is 2.57 bits per heavy atom. The van der Waals surface area contributed by atoms with Gasteiger partial charge in [-0.2, -0.15) is 0 Å². The first-order valence-corrected chi connectivity index (χ1v) is 4.19. The van der Waals surface area contributed by atoms with Crippen LogP contribution in [0.2, 0.25) is 0 Å². The fourth-order valence-corrected chi connectivity index (χ4v) is 1.06. The van der Waals surface area contributed by atoms with E-state index in [1.165, 1.54) is 20.4 Å². The second-order valence-corrected chi connectivity index (χ2v) is 2.72. The van der Waals surface area contributed by atoms with Gasteiger partial charge in [0, 0.05) is 12.6 Å². The maximum atomic E-state index is 9.43. The number of aliphatic hydroxyl groups excluding tert-OH is 1. The van der Waals surface area contributed by atoms with E-state index >= 15 is 0 Å². The lowest BCUT2D eigenvalue weighted by molar-refractivity contribution is 0.181. The summed E-state index contributed by atoms with van der Waals surface area (Å²) in [5.74, 6) is 1.06. The molecule has 1 atom stereocenters. The van der Waals surface area contributed by atoms with Crippen LogP contribution in [0, 0.1) is 0 Å². The number of nitrogens with zero attached hydrogens (tertiary/aromatic N) is 1. The molecule has 0 aliphatic carbocycles. The third-order valence-corrected chi connectivity index (χ3v) is 1.86. The number of rotatable bonds is 4. The van der Waals surface area contributed by atoms with Crippen LogP contribution in [0.1, 0.15) is 11.8 Å². The Kier molecular flexibility index (Phi) is 3.67. The normalized spacial score (nSPS) is 12.3. The standard InChI is InChI=1S/C9H14N2O3/c1-13-8-3-6(7(12)4-10)11-5-9(8)14-2/h3,5,7,12H,4,10H2,1-2H3. The van der Waals surface area contributed by atoms with Crippen LogP contribution in [0.4, 0.5) is 0 Å². The van der Waals surface area contributed by atoms with E-state index in [1.807, 2.05) is 0 Å². The van der Waals surface area contributed by atoms with Crippen molar-refractivity contribution in [3.8, 4) is 11.5 Å². The summed E-state index contributed by atoms with van der Waals surface area (Å²) in [6, 6.07) is 1.61. The van der Waals surface area contributed by atoms with Gasteiger partial charge in [-0.25, -0.2) is 0 Å². The number of aliphatic hydroxyl groups is 1. The summed E-state index contributed by atoms with van der Waals surface area (Å²) in [5, 5.41) is 9.43. The molecule has 0 spiro atoms. The SMILES string of the molecule is COc1cnc(C(O)CN)cc1OC. The van der Waals surface area contributed by atoms with Gasteiger partial charge in [0.25, 0.3) is 0 Å². The van der Waals surface area contributed by atoms with E-state index in [1.54, 1.807) is 6.07 Å². The average molecular weight is 198 g/mol. The molecule has 0 bridgehead atoms. The highest BCUT2D eigenvalue weighted by atomic mass is 16.5. The number of methoxy groups -OCH3 is 2. The van der Waals surface area contributed by atoms with E-state index < -0.39 is 6.10 Å². The predicted octanol–water partition coefficient (Wildman–Crippen LogP) is 0.0909. The quantitative estimate of drug-likeness (QED) is 0.717. The molecule has 0 saturated heterocycles. The number of aromatic nitrogens is 1. The largest absolute Gasteiger partial charge is 0.493 e. The molecule has 0 aromatic carbocycles. The Bertz CT molecular complexity index is 304. The fourth-order valence-electron chi connectivity index (χ4n) is 1.06. The first-order valence-electron chi connectivity index (χ1n) is 4.19. The first kappa shape index (κ1) is 10.7. The van der Waals surface area contributed by atoms with Gasteiger partial charge in [-0.15, -0.1) is 0 Å². The minimum atomic E-state index is -0.769. The summed E-state index contributed by atoms with van der Waals surface area (Å²) in [7, 11) is 3.05. The molecule has 5 nitrogen and oxygen atoms in total. The minimum absolute atomic E-state index is 0.127. The van der Waals surface area contributed by atoms with Gasteiger partial charge < -0.3 is 20.3 Å². The van der Waals surface area contributed by atoms with Crippen LogP contribution in [0.15, 0.2) is 12.3 Å². The molecule has 0 radical (unpaired) electrons. The van der Waals surface area contributed by atoms with Crippen molar-refractivity contribution in [3.63, 3.8) is 0 Å². The molecule has 1 heterocycles. The van der Waals surface area contributed by atoms with Gasteiger partial charge in [-0.05, 0) is 0 Å². The van der Waals surface area contributed by atoms with Gasteiger partial charge in [0.05, 0.1) is 26.1 Å². The minimum Gasteiger partial charge on any atom is -0.493 e. The van der Waals surface area contributed by atoms with Crippen molar-refractivity contribution in [2.75, 3.05) is 20.8 Å². The monoisotopic (exact) mass is 198 g/mol. The van der Waals surface area contributed by atoms with E-state index in [0.29, 0.717) is 17.2 Å². The summed E-state index contributed by atoms with van der Waals surface area (Å²) in [5.41, 5.74) is 5.78. The molecule has 1 unspecified atom stereocenters. The molecule has 1 rings (SSSR count). The highest BCUT2D eigenvalue weighted by molar-refractivity contribution is 5.39. The van der Waals surface area contributed by atoms with Crippen LogP contribution in [0.25, 0.3) is 0 Å². The second-order valence-electron chi connectivity index (χ2n) is 2.72. The smallest absolute Gasteiger partial charge is 0.179 e. The molecule has 5 heteroatoms. The molecule has 78 valence electrons. The van der Waals surface area contributed by atoms with E-state index in [2.05, 4.69) is 4.98 Å². The van der Waals surface area contributed by atoms with E-state index in [9.17, 15) is 5.11 Å². The zero-order valence-corrected chi connectivity index (χ0v) is 8.23. The Morgan fingerprint density at radius 2 is 2.07 bits per heavy atom. The van der Waals surface area contributed by atoms with Gasteiger partial charge in [-0.1, -0.05) is 0 Å². The second kappa shape index (κ2) is 4.78. The molecule has 3 N–H and O–H groups in total. The van der Waals surface area contributed by atoms with Crippen molar-refractivity contribution >= 4 is 0 Å². The number of hydrogen-bond acceptors (Lipinski definition) is 5. The van der Waals surface area contributed by atoms with Crippen LogP contribution >= 0.6 is 0 Å². The summed E-state index contributed by atoms with van der Waals surface area (Å²) in [4.78, 5) is 3.99. The summed E-state index contributed by atoms with van der Waals surface area (Å²) >= 11 is 0. The van der Waals surface area contributed by atoms with Crippen LogP contribution in [0.5, 0.6) is 11.5 Å². The van der Waals surface area contributed by atoms with Crippen molar-refractivity contribution in [2.45, 2.75) is 6.10 Å². The number of nitrogens with two attached hydrogens (primary N) is 1. The lowest BCUT2D eigenvalue weighted by Crippen LogP contribution is -2.13. The lowest BCUT2D eigenvalue weighted by Gasteiger charge is -2.11. The van der Waals surface area contributed by atoms with Crippen LogP contribution in [-0.2, 0) is 0 Å². The molecule has 1 aromatic heterocycles. The van der Waals surface area contributed by atoms with Gasteiger partial charge in [-0.3, -0.25) is 4.98 Å². The average Bonchev–Trinajstić information content (AvgIpc) is 2.26. The summed E-state index contributed by atoms with van der Waals surface area (Å²) < 4.78 is 10.1. The van der Waals surface area contributed by atoms with Crippen LogP contribution < -0.4 is 15.2 Å². The van der Waals surface area contributed by atoms with E-state index in [0.717, 1.165) is 0 Å². The van der Waals surface area contributed by atoms with Crippen molar-refractivity contribution < 1.29 is 14.6 Å². The Morgan fingerprint density at radius 1 is 1.43 bits per heavy atom. The third kappa shape index (κ3) is 2.12. The van der Waals surface area contributed by atoms with Crippen LogP contribution in [-0.4, -0.2) is 30.9 Å². The molecular weight excluding hydrogens is 184 g/mol. The summed E-state index contributed by atoms with van der Waals surface area (Å²) in [6.45, 7) is 0.127. The lowest BCUT2D eigenvalue weighted by atomic mass is 10.2. The number of hydrogen-bond donors (Lipinski definition) is 2. The zero-order chi connectivity index (χ0) is 10.6. The molecule has 1 aromatic rings. The molecule has 0 aliphatic heterocycles. The molecule has 0 amide bonds.